The minimum absolute atomic E-state index is 0.0957. The molecule has 1 saturated carbocycles. The highest BCUT2D eigenvalue weighted by Gasteiger charge is 2.64. The average Bonchev–Trinajstić information content (AvgIpc) is 3.67. The van der Waals surface area contributed by atoms with E-state index in [1.165, 1.54) is 0 Å². The Morgan fingerprint density at radius 2 is 1.57 bits per heavy atom. The van der Waals surface area contributed by atoms with Gasteiger partial charge in [0.25, 0.3) is 17.7 Å². The van der Waals surface area contributed by atoms with Gasteiger partial charge in [0.05, 0.1) is 22.8 Å². The van der Waals surface area contributed by atoms with Crippen LogP contribution in [0.3, 0.4) is 0 Å². The van der Waals surface area contributed by atoms with Crippen LogP contribution in [0.1, 0.15) is 125 Å². The monoisotopic (exact) mass is 753 g/mol. The molecule has 0 spiro atoms. The molecule has 3 aromatic carbocycles. The molecule has 7 rings (SSSR count). The SMILES string of the molecule is Cc1cc(OC2C(C)(C)C(NC(=O)c3ccc(C#CCCCCCN4Cc5cc6c(cc5C4)C(=O)N(C4CCC(=O)NC4=O)C6=O)cc3)C2(C)C)ccc1C#N. The van der Waals surface area contributed by atoms with Gasteiger partial charge in [-0.05, 0) is 104 Å². The van der Waals surface area contributed by atoms with Crippen molar-refractivity contribution < 1.29 is 28.7 Å². The van der Waals surface area contributed by atoms with Gasteiger partial charge in [-0.25, -0.2) is 0 Å². The Morgan fingerprint density at radius 1 is 0.911 bits per heavy atom. The molecule has 11 nitrogen and oxygen atoms in total. The lowest BCUT2D eigenvalue weighted by Crippen LogP contribution is -2.74. The van der Waals surface area contributed by atoms with Crippen molar-refractivity contribution in [3.8, 4) is 23.7 Å². The Balaban J connectivity index is 0.834. The Kier molecular flexibility index (Phi) is 10.3. The van der Waals surface area contributed by atoms with Crippen molar-refractivity contribution in [3.63, 3.8) is 0 Å². The first kappa shape index (κ1) is 38.5. The Hall–Kier alpha value is -5.78. The van der Waals surface area contributed by atoms with E-state index in [9.17, 15) is 29.2 Å². The quantitative estimate of drug-likeness (QED) is 0.150. The van der Waals surface area contributed by atoms with Crippen LogP contribution in [0, 0.1) is 40.9 Å². The van der Waals surface area contributed by atoms with Crippen LogP contribution in [0.25, 0.3) is 0 Å². The molecule has 0 bridgehead atoms. The normalized spacial score (nSPS) is 21.9. The number of nitrogens with zero attached hydrogens (tertiary/aromatic N) is 3. The van der Waals surface area contributed by atoms with Gasteiger partial charge in [0.15, 0.2) is 0 Å². The van der Waals surface area contributed by atoms with Gasteiger partial charge in [-0.15, -0.1) is 0 Å². The summed E-state index contributed by atoms with van der Waals surface area (Å²) in [6.45, 7) is 12.6. The van der Waals surface area contributed by atoms with E-state index in [1.807, 2.05) is 43.3 Å². The number of ether oxygens (including phenoxy) is 1. The molecule has 2 N–H and O–H groups in total. The fourth-order valence-electron chi connectivity index (χ4n) is 9.18. The van der Waals surface area contributed by atoms with E-state index in [2.05, 4.69) is 61.1 Å². The summed E-state index contributed by atoms with van der Waals surface area (Å²) in [5, 5.41) is 14.8. The number of unbranched alkanes of at least 4 members (excludes halogenated alkanes) is 3. The molecule has 288 valence electrons. The van der Waals surface area contributed by atoms with E-state index < -0.39 is 29.7 Å². The molecule has 3 heterocycles. The first-order valence-corrected chi connectivity index (χ1v) is 19.4. The number of nitrogens with one attached hydrogen (secondary N) is 2. The number of benzene rings is 3. The predicted octanol–water partition coefficient (Wildman–Crippen LogP) is 5.81. The summed E-state index contributed by atoms with van der Waals surface area (Å²) >= 11 is 0. The number of fused-ring (bicyclic) bond motifs is 2. The van der Waals surface area contributed by atoms with Crippen molar-refractivity contribution in [2.24, 2.45) is 10.8 Å². The second kappa shape index (κ2) is 15.0. The summed E-state index contributed by atoms with van der Waals surface area (Å²) in [6.07, 6.45) is 3.85. The number of carbonyl (C=O) groups is 5. The summed E-state index contributed by atoms with van der Waals surface area (Å²) in [5.74, 6) is 5.12. The molecular weight excluding hydrogens is 707 g/mol. The first-order valence-electron chi connectivity index (χ1n) is 19.4. The van der Waals surface area contributed by atoms with Crippen LogP contribution in [0.15, 0.2) is 54.6 Å². The van der Waals surface area contributed by atoms with Gasteiger partial charge in [-0.1, -0.05) is 46.0 Å². The molecule has 1 atom stereocenters. The van der Waals surface area contributed by atoms with Crippen LogP contribution in [-0.2, 0) is 22.7 Å². The topological polar surface area (TPSA) is 149 Å². The number of hydrogen-bond donors (Lipinski definition) is 2. The third-order valence-corrected chi connectivity index (χ3v) is 11.9. The van der Waals surface area contributed by atoms with Crippen molar-refractivity contribution >= 4 is 29.5 Å². The zero-order valence-electron chi connectivity index (χ0n) is 32.6. The van der Waals surface area contributed by atoms with E-state index in [4.69, 9.17) is 4.74 Å². The lowest BCUT2D eigenvalue weighted by molar-refractivity contribution is -0.164. The highest BCUT2D eigenvalue weighted by Crippen LogP contribution is 2.55. The van der Waals surface area contributed by atoms with Gasteiger partial charge in [0, 0.05) is 53.9 Å². The van der Waals surface area contributed by atoms with E-state index in [-0.39, 0.29) is 41.7 Å². The molecule has 4 aliphatic rings. The molecule has 11 heteroatoms. The fourth-order valence-corrected chi connectivity index (χ4v) is 9.18. The maximum atomic E-state index is 13.3. The van der Waals surface area contributed by atoms with Crippen molar-refractivity contribution in [2.45, 2.75) is 104 Å². The van der Waals surface area contributed by atoms with Crippen LogP contribution >= 0.6 is 0 Å². The summed E-state index contributed by atoms with van der Waals surface area (Å²) in [4.78, 5) is 67.0. The maximum absolute atomic E-state index is 13.3. The highest BCUT2D eigenvalue weighted by atomic mass is 16.5. The van der Waals surface area contributed by atoms with Gasteiger partial charge in [0.1, 0.15) is 17.9 Å². The largest absolute Gasteiger partial charge is 0.489 e. The Bertz CT molecular complexity index is 2180. The first-order chi connectivity index (χ1) is 26.7. The average molecular weight is 754 g/mol. The molecule has 0 aromatic heterocycles. The summed E-state index contributed by atoms with van der Waals surface area (Å²) in [6, 6.07) is 17.6. The Morgan fingerprint density at radius 3 is 2.18 bits per heavy atom. The predicted molar refractivity (Wildman–Crippen MR) is 208 cm³/mol. The standard InChI is InChI=1S/C45H47N5O6/c1-27-21-33(17-16-30(27)24-46)56-43-44(2,3)42(45(43,4)5)48-38(52)29-14-12-28(13-15-29)11-9-7-6-8-10-20-49-25-31-22-34-35(23-32(31)26-49)41(55)50(40(34)54)36-18-19-37(51)47-39(36)53/h12-17,21-23,36,42-43H,6-8,10,18-20,25-26H2,1-5H3,(H,48,52)(H,47,51,53). The molecule has 0 radical (unpaired) electrons. The van der Waals surface area contributed by atoms with Gasteiger partial charge >= 0.3 is 0 Å². The molecule has 2 fully saturated rings. The van der Waals surface area contributed by atoms with Crippen LogP contribution in [0.5, 0.6) is 5.75 Å². The number of nitriles is 1. The summed E-state index contributed by atoms with van der Waals surface area (Å²) < 4.78 is 6.43. The lowest BCUT2D eigenvalue weighted by atomic mass is 9.49. The third kappa shape index (κ3) is 7.20. The van der Waals surface area contributed by atoms with E-state index in [0.29, 0.717) is 35.3 Å². The van der Waals surface area contributed by atoms with E-state index in [0.717, 1.165) is 65.1 Å². The number of aryl methyl sites for hydroxylation is 1. The van der Waals surface area contributed by atoms with Crippen LogP contribution < -0.4 is 15.4 Å². The number of hydrogen-bond acceptors (Lipinski definition) is 8. The third-order valence-electron chi connectivity index (χ3n) is 11.9. The van der Waals surface area contributed by atoms with Crippen LogP contribution in [0.4, 0.5) is 0 Å². The molecule has 3 aromatic rings. The van der Waals surface area contributed by atoms with Crippen molar-refractivity contribution in [1.82, 2.24) is 20.4 Å². The number of carbonyl (C=O) groups excluding carboxylic acids is 5. The van der Waals surface area contributed by atoms with E-state index >= 15 is 0 Å². The minimum atomic E-state index is -0.961. The zero-order valence-corrected chi connectivity index (χ0v) is 32.6. The highest BCUT2D eigenvalue weighted by molar-refractivity contribution is 6.23. The van der Waals surface area contributed by atoms with Crippen LogP contribution in [-0.4, -0.2) is 64.1 Å². The molecule has 5 amide bonds. The molecule has 1 aliphatic carbocycles. The smallest absolute Gasteiger partial charge is 0.262 e. The lowest BCUT2D eigenvalue weighted by Gasteiger charge is -2.63. The Labute approximate surface area is 327 Å². The number of amides is 5. The second-order valence-electron chi connectivity index (χ2n) is 16.6. The van der Waals surface area contributed by atoms with Crippen LogP contribution in [0.2, 0.25) is 0 Å². The fraction of sp³-hybridized carbons (Fsp3) is 0.422. The second-order valence-corrected chi connectivity index (χ2v) is 16.6. The number of imide groups is 2. The maximum Gasteiger partial charge on any atom is 0.262 e. The summed E-state index contributed by atoms with van der Waals surface area (Å²) in [7, 11) is 0. The van der Waals surface area contributed by atoms with Crippen molar-refractivity contribution in [2.75, 3.05) is 6.54 Å². The van der Waals surface area contributed by atoms with Gasteiger partial charge in [-0.2, -0.15) is 5.26 Å². The summed E-state index contributed by atoms with van der Waals surface area (Å²) in [5.41, 5.74) is 5.00. The van der Waals surface area contributed by atoms with Gasteiger partial charge in [0.2, 0.25) is 11.8 Å². The number of rotatable bonds is 10. The molecule has 1 unspecified atom stereocenters. The molecule has 56 heavy (non-hydrogen) atoms. The number of piperidine rings is 1. The van der Waals surface area contributed by atoms with Gasteiger partial charge < -0.3 is 10.1 Å². The van der Waals surface area contributed by atoms with Crippen molar-refractivity contribution in [1.29, 1.82) is 5.26 Å². The molecular formula is C45H47N5O6. The molecule has 1 saturated heterocycles. The molecule has 3 aliphatic heterocycles. The van der Waals surface area contributed by atoms with E-state index in [1.54, 1.807) is 18.2 Å². The van der Waals surface area contributed by atoms with Crippen molar-refractivity contribution in [3.05, 3.63) is 99.1 Å². The minimum Gasteiger partial charge on any atom is -0.489 e. The zero-order chi connectivity index (χ0) is 39.9. The van der Waals surface area contributed by atoms with Gasteiger partial charge in [-0.3, -0.25) is 39.1 Å².